The molecule has 1 heterocycles. The Morgan fingerprint density at radius 2 is 2.21 bits per heavy atom. The van der Waals surface area contributed by atoms with Gasteiger partial charge < -0.3 is 10.2 Å². The summed E-state index contributed by atoms with van der Waals surface area (Å²) in [4.78, 5) is 13.4. The van der Waals surface area contributed by atoms with Crippen molar-refractivity contribution in [2.45, 2.75) is 6.54 Å². The van der Waals surface area contributed by atoms with Gasteiger partial charge in [-0.15, -0.1) is 5.10 Å². The number of nitrogens with one attached hydrogen (secondary N) is 1. The average molecular weight is 259 g/mol. The maximum atomic E-state index is 11.9. The minimum Gasteiger partial charge on any atom is -0.379 e. The van der Waals surface area contributed by atoms with Gasteiger partial charge in [0.2, 0.25) is 0 Å². The molecule has 1 aromatic carbocycles. The third-order valence-corrected chi connectivity index (χ3v) is 2.80. The summed E-state index contributed by atoms with van der Waals surface area (Å²) in [5.41, 5.74) is 2.54. The Kier molecular flexibility index (Phi) is 3.79. The van der Waals surface area contributed by atoms with Crippen molar-refractivity contribution >= 4 is 11.6 Å². The van der Waals surface area contributed by atoms with E-state index in [2.05, 4.69) is 15.6 Å². The molecule has 0 fully saturated rings. The van der Waals surface area contributed by atoms with Gasteiger partial charge in [-0.3, -0.25) is 9.48 Å². The van der Waals surface area contributed by atoms with Crippen molar-refractivity contribution in [3.8, 4) is 0 Å². The third-order valence-electron chi connectivity index (χ3n) is 2.80. The third kappa shape index (κ3) is 3.09. The number of benzene rings is 1. The van der Waals surface area contributed by atoms with Crippen molar-refractivity contribution in [1.29, 1.82) is 0 Å². The molecule has 1 amide bonds. The van der Waals surface area contributed by atoms with Crippen LogP contribution in [0.3, 0.4) is 0 Å². The first-order valence-electron chi connectivity index (χ1n) is 5.97. The zero-order chi connectivity index (χ0) is 13.8. The standard InChI is InChI=1S/C13H17N5O/c1-17(2)13(19)10-5-4-6-11(7-10)14-8-12-9-15-16-18(12)3/h4-7,9,14H,8H2,1-3H3. The van der Waals surface area contributed by atoms with E-state index in [4.69, 9.17) is 0 Å². The summed E-state index contributed by atoms with van der Waals surface area (Å²) in [6.45, 7) is 0.614. The minimum atomic E-state index is -0.00847. The highest BCUT2D eigenvalue weighted by molar-refractivity contribution is 5.94. The fraction of sp³-hybridized carbons (Fsp3) is 0.308. The molecule has 0 bridgehead atoms. The van der Waals surface area contributed by atoms with Crippen molar-refractivity contribution in [2.24, 2.45) is 7.05 Å². The lowest BCUT2D eigenvalue weighted by Crippen LogP contribution is -2.21. The number of carbonyl (C=O) groups excluding carboxylic acids is 1. The van der Waals surface area contributed by atoms with Crippen LogP contribution in [-0.2, 0) is 13.6 Å². The van der Waals surface area contributed by atoms with Crippen molar-refractivity contribution in [3.63, 3.8) is 0 Å². The van der Waals surface area contributed by atoms with Crippen LogP contribution in [0.15, 0.2) is 30.5 Å². The summed E-state index contributed by atoms with van der Waals surface area (Å²) < 4.78 is 1.71. The summed E-state index contributed by atoms with van der Waals surface area (Å²) in [6, 6.07) is 7.43. The fourth-order valence-electron chi connectivity index (χ4n) is 1.68. The number of anilines is 1. The molecule has 0 radical (unpaired) electrons. The summed E-state index contributed by atoms with van der Waals surface area (Å²) in [6.07, 6.45) is 1.71. The number of hydrogen-bond donors (Lipinski definition) is 1. The number of hydrogen-bond acceptors (Lipinski definition) is 4. The predicted octanol–water partition coefficient (Wildman–Crippen LogP) is 1.13. The normalized spacial score (nSPS) is 10.3. The van der Waals surface area contributed by atoms with Crippen LogP contribution in [0.25, 0.3) is 0 Å². The molecular formula is C13H17N5O. The van der Waals surface area contributed by atoms with Crippen LogP contribution >= 0.6 is 0 Å². The van der Waals surface area contributed by atoms with Gasteiger partial charge >= 0.3 is 0 Å². The highest BCUT2D eigenvalue weighted by Crippen LogP contribution is 2.13. The van der Waals surface area contributed by atoms with E-state index in [-0.39, 0.29) is 5.91 Å². The van der Waals surface area contributed by atoms with Crippen LogP contribution < -0.4 is 5.32 Å². The molecule has 2 rings (SSSR count). The van der Waals surface area contributed by atoms with Gasteiger partial charge in [0, 0.05) is 32.4 Å². The molecule has 6 nitrogen and oxygen atoms in total. The monoisotopic (exact) mass is 259 g/mol. The van der Waals surface area contributed by atoms with Gasteiger partial charge in [0.25, 0.3) is 5.91 Å². The Morgan fingerprint density at radius 1 is 1.42 bits per heavy atom. The van der Waals surface area contributed by atoms with Crippen molar-refractivity contribution in [3.05, 3.63) is 41.7 Å². The Balaban J connectivity index is 2.07. The molecular weight excluding hydrogens is 242 g/mol. The molecule has 1 aromatic heterocycles. The fourth-order valence-corrected chi connectivity index (χ4v) is 1.68. The van der Waals surface area contributed by atoms with Gasteiger partial charge in [-0.05, 0) is 18.2 Å². The number of aromatic nitrogens is 3. The number of aryl methyl sites for hydroxylation is 1. The molecule has 0 aliphatic rings. The van der Waals surface area contributed by atoms with Gasteiger partial charge in [-0.1, -0.05) is 11.3 Å². The minimum absolute atomic E-state index is 0.00847. The number of carbonyl (C=O) groups is 1. The second-order valence-corrected chi connectivity index (χ2v) is 4.48. The first kappa shape index (κ1) is 13.1. The molecule has 2 aromatic rings. The van der Waals surface area contributed by atoms with Crippen molar-refractivity contribution in [1.82, 2.24) is 19.9 Å². The van der Waals surface area contributed by atoms with Crippen LogP contribution in [0.2, 0.25) is 0 Å². The number of amides is 1. The molecule has 0 aliphatic heterocycles. The van der Waals surface area contributed by atoms with Crippen LogP contribution in [-0.4, -0.2) is 39.9 Å². The second-order valence-electron chi connectivity index (χ2n) is 4.48. The summed E-state index contributed by atoms with van der Waals surface area (Å²) in [5.74, 6) is -0.00847. The Hall–Kier alpha value is -2.37. The Bertz CT molecular complexity index is 576. The van der Waals surface area contributed by atoms with E-state index in [0.717, 1.165) is 11.4 Å². The largest absolute Gasteiger partial charge is 0.379 e. The lowest BCUT2D eigenvalue weighted by atomic mass is 10.2. The maximum absolute atomic E-state index is 11.9. The summed E-state index contributed by atoms with van der Waals surface area (Å²) in [5, 5.41) is 10.9. The average Bonchev–Trinajstić information content (AvgIpc) is 2.81. The molecule has 6 heteroatoms. The van der Waals surface area contributed by atoms with E-state index in [0.29, 0.717) is 12.1 Å². The van der Waals surface area contributed by atoms with Crippen LogP contribution in [0.5, 0.6) is 0 Å². The van der Waals surface area contributed by atoms with Gasteiger partial charge in [-0.2, -0.15) is 0 Å². The molecule has 0 aliphatic carbocycles. The van der Waals surface area contributed by atoms with Gasteiger partial charge in [0.1, 0.15) is 0 Å². The topological polar surface area (TPSA) is 63.1 Å². The van der Waals surface area contributed by atoms with E-state index in [1.807, 2.05) is 25.2 Å². The van der Waals surface area contributed by atoms with Crippen molar-refractivity contribution < 1.29 is 4.79 Å². The lowest BCUT2D eigenvalue weighted by molar-refractivity contribution is 0.0827. The first-order chi connectivity index (χ1) is 9.08. The zero-order valence-corrected chi connectivity index (χ0v) is 11.3. The lowest BCUT2D eigenvalue weighted by Gasteiger charge is -2.12. The maximum Gasteiger partial charge on any atom is 0.253 e. The van der Waals surface area contributed by atoms with E-state index in [9.17, 15) is 4.79 Å². The van der Waals surface area contributed by atoms with Crippen molar-refractivity contribution in [2.75, 3.05) is 19.4 Å². The SMILES string of the molecule is CN(C)C(=O)c1cccc(NCc2cnnn2C)c1. The Labute approximate surface area is 112 Å². The molecule has 0 unspecified atom stereocenters. The van der Waals surface area contributed by atoms with Crippen LogP contribution in [0.4, 0.5) is 5.69 Å². The molecule has 0 spiro atoms. The second kappa shape index (κ2) is 5.51. The van der Waals surface area contributed by atoms with Crippen LogP contribution in [0.1, 0.15) is 16.1 Å². The summed E-state index contributed by atoms with van der Waals surface area (Å²) in [7, 11) is 5.32. The quantitative estimate of drug-likeness (QED) is 0.894. The van der Waals surface area contributed by atoms with E-state index < -0.39 is 0 Å². The highest BCUT2D eigenvalue weighted by atomic mass is 16.2. The zero-order valence-electron chi connectivity index (χ0n) is 11.3. The summed E-state index contributed by atoms with van der Waals surface area (Å²) >= 11 is 0. The van der Waals surface area contributed by atoms with E-state index in [1.54, 1.807) is 35.9 Å². The predicted molar refractivity (Wildman–Crippen MR) is 72.8 cm³/mol. The van der Waals surface area contributed by atoms with E-state index in [1.165, 1.54) is 0 Å². The number of rotatable bonds is 4. The first-order valence-corrected chi connectivity index (χ1v) is 5.97. The molecule has 0 saturated heterocycles. The highest BCUT2D eigenvalue weighted by Gasteiger charge is 2.08. The molecule has 0 atom stereocenters. The molecule has 0 saturated carbocycles. The molecule has 1 N–H and O–H groups in total. The van der Waals surface area contributed by atoms with Gasteiger partial charge in [-0.25, -0.2) is 0 Å². The molecule has 100 valence electrons. The molecule has 19 heavy (non-hydrogen) atoms. The number of nitrogens with zero attached hydrogens (tertiary/aromatic N) is 4. The smallest absolute Gasteiger partial charge is 0.253 e. The van der Waals surface area contributed by atoms with E-state index >= 15 is 0 Å². The van der Waals surface area contributed by atoms with Gasteiger partial charge in [0.05, 0.1) is 18.4 Å². The Morgan fingerprint density at radius 3 is 2.84 bits per heavy atom. The van der Waals surface area contributed by atoms with Gasteiger partial charge in [0.15, 0.2) is 0 Å². The van der Waals surface area contributed by atoms with Crippen LogP contribution in [0, 0.1) is 0 Å².